The Bertz CT molecular complexity index is 864. The zero-order valence-corrected chi connectivity index (χ0v) is 18.2. The van der Waals surface area contributed by atoms with Gasteiger partial charge in [0.25, 0.3) is 5.91 Å². The molecule has 1 aromatic rings. The van der Waals surface area contributed by atoms with Gasteiger partial charge in [0.05, 0.1) is 24.7 Å². The molecule has 0 saturated carbocycles. The molecule has 1 fully saturated rings. The summed E-state index contributed by atoms with van der Waals surface area (Å²) in [5.74, 6) is 0.0293. The molecule has 9 heteroatoms. The molecule has 1 saturated heterocycles. The van der Waals surface area contributed by atoms with E-state index in [0.717, 1.165) is 18.4 Å². The molecule has 1 aliphatic rings. The van der Waals surface area contributed by atoms with E-state index in [0.29, 0.717) is 31.1 Å². The molecule has 1 aliphatic heterocycles. The monoisotopic (exact) mass is 439 g/mol. The summed E-state index contributed by atoms with van der Waals surface area (Å²) in [7, 11) is -3.08. The number of hydrogen-bond acceptors (Lipinski definition) is 7. The first-order valence-electron chi connectivity index (χ1n) is 10.1. The summed E-state index contributed by atoms with van der Waals surface area (Å²) in [5.41, 5.74) is 0.721. The van der Waals surface area contributed by atoms with Gasteiger partial charge in [-0.3, -0.25) is 4.79 Å². The largest absolute Gasteiger partial charge is 0.490 e. The van der Waals surface area contributed by atoms with Gasteiger partial charge in [0, 0.05) is 12.1 Å². The number of benzene rings is 1. The Morgan fingerprint density at radius 3 is 2.67 bits per heavy atom. The fourth-order valence-electron chi connectivity index (χ4n) is 2.87. The van der Waals surface area contributed by atoms with E-state index in [1.54, 1.807) is 24.3 Å². The van der Waals surface area contributed by atoms with Crippen molar-refractivity contribution in [3.05, 3.63) is 29.8 Å². The van der Waals surface area contributed by atoms with E-state index >= 15 is 0 Å². The van der Waals surface area contributed by atoms with Gasteiger partial charge in [0.2, 0.25) is 0 Å². The molecule has 1 aromatic carbocycles. The lowest BCUT2D eigenvalue weighted by molar-refractivity contribution is -0.143. The van der Waals surface area contributed by atoms with Gasteiger partial charge in [-0.1, -0.05) is 19.4 Å². The van der Waals surface area contributed by atoms with Crippen LogP contribution in [0.5, 0.6) is 11.5 Å². The lowest BCUT2D eigenvalue weighted by atomic mass is 10.2. The van der Waals surface area contributed by atoms with Gasteiger partial charge >= 0.3 is 5.97 Å². The standard InChI is InChI=1S/C21H29NO7S/c1-3-5-11-28-18-8-6-16(13-19(18)27-4-2)7-9-21(24)29-14-20(23)22-17-10-12-30(25,26)15-17/h6-9,13,17H,3-5,10-12,14-15H2,1-2H3,(H,22,23)/b9-7+. The highest BCUT2D eigenvalue weighted by Crippen LogP contribution is 2.29. The normalized spacial score (nSPS) is 17.6. The molecule has 8 nitrogen and oxygen atoms in total. The fourth-order valence-corrected chi connectivity index (χ4v) is 4.54. The van der Waals surface area contributed by atoms with Crippen LogP contribution in [0.4, 0.5) is 0 Å². The van der Waals surface area contributed by atoms with Crippen LogP contribution in [0, 0.1) is 0 Å². The second kappa shape index (κ2) is 11.6. The van der Waals surface area contributed by atoms with Gasteiger partial charge < -0.3 is 19.5 Å². The predicted molar refractivity (Wildman–Crippen MR) is 113 cm³/mol. The number of carbonyl (C=O) groups excluding carboxylic acids is 2. The second-order valence-corrected chi connectivity index (χ2v) is 9.18. The number of sulfone groups is 1. The third-order valence-electron chi connectivity index (χ3n) is 4.38. The number of esters is 1. The molecule has 2 rings (SSSR count). The Labute approximate surface area is 177 Å². The highest BCUT2D eigenvalue weighted by molar-refractivity contribution is 7.91. The number of unbranched alkanes of at least 4 members (excludes halogenated alkanes) is 1. The molecule has 0 spiro atoms. The summed E-state index contributed by atoms with van der Waals surface area (Å²) < 4.78 is 39.0. The SMILES string of the molecule is CCCCOc1ccc(/C=C/C(=O)OCC(=O)NC2CCS(=O)(=O)C2)cc1OCC. The molecule has 1 heterocycles. The molecule has 0 radical (unpaired) electrons. The minimum Gasteiger partial charge on any atom is -0.490 e. The first-order chi connectivity index (χ1) is 14.3. The van der Waals surface area contributed by atoms with Gasteiger partial charge in [0.1, 0.15) is 0 Å². The van der Waals surface area contributed by atoms with E-state index in [1.807, 2.05) is 6.92 Å². The topological polar surface area (TPSA) is 108 Å². The maximum absolute atomic E-state index is 11.9. The van der Waals surface area contributed by atoms with E-state index in [2.05, 4.69) is 12.2 Å². The van der Waals surface area contributed by atoms with Crippen molar-refractivity contribution < 1.29 is 32.2 Å². The van der Waals surface area contributed by atoms with E-state index in [9.17, 15) is 18.0 Å². The minimum absolute atomic E-state index is 0.0621. The first-order valence-corrected chi connectivity index (χ1v) is 11.9. The van der Waals surface area contributed by atoms with Crippen molar-refractivity contribution in [2.45, 2.75) is 39.2 Å². The Morgan fingerprint density at radius 1 is 1.20 bits per heavy atom. The van der Waals surface area contributed by atoms with Crippen LogP contribution in [0.2, 0.25) is 0 Å². The van der Waals surface area contributed by atoms with Crippen LogP contribution in [0.25, 0.3) is 6.08 Å². The number of rotatable bonds is 11. The maximum Gasteiger partial charge on any atom is 0.331 e. The summed E-state index contributed by atoms with van der Waals surface area (Å²) in [6.45, 7) is 4.59. The average Bonchev–Trinajstić information content (AvgIpc) is 3.04. The van der Waals surface area contributed by atoms with Crippen LogP contribution in [-0.4, -0.2) is 57.7 Å². The van der Waals surface area contributed by atoms with Crippen LogP contribution < -0.4 is 14.8 Å². The molecular formula is C21H29NO7S. The Hall–Kier alpha value is -2.55. The summed E-state index contributed by atoms with van der Waals surface area (Å²) in [5, 5.41) is 2.56. The van der Waals surface area contributed by atoms with Crippen molar-refractivity contribution in [3.63, 3.8) is 0 Å². The highest BCUT2D eigenvalue weighted by atomic mass is 32.2. The average molecular weight is 440 g/mol. The van der Waals surface area contributed by atoms with Crippen molar-refractivity contribution in [1.29, 1.82) is 0 Å². The van der Waals surface area contributed by atoms with Gasteiger partial charge in [-0.2, -0.15) is 0 Å². The molecule has 166 valence electrons. The van der Waals surface area contributed by atoms with E-state index < -0.39 is 34.4 Å². The number of hydrogen-bond donors (Lipinski definition) is 1. The van der Waals surface area contributed by atoms with E-state index in [1.165, 1.54) is 6.08 Å². The lowest BCUT2D eigenvalue weighted by Crippen LogP contribution is -2.38. The zero-order chi connectivity index (χ0) is 22.0. The second-order valence-electron chi connectivity index (χ2n) is 6.95. The Morgan fingerprint density at radius 2 is 2.00 bits per heavy atom. The number of amides is 1. The van der Waals surface area contributed by atoms with Gasteiger partial charge in [-0.15, -0.1) is 0 Å². The summed E-state index contributed by atoms with van der Waals surface area (Å²) >= 11 is 0. The fraction of sp³-hybridized carbons (Fsp3) is 0.524. The molecule has 0 aromatic heterocycles. The lowest BCUT2D eigenvalue weighted by Gasteiger charge is -2.12. The molecule has 1 N–H and O–H groups in total. The predicted octanol–water partition coefficient (Wildman–Crippen LogP) is 2.12. The maximum atomic E-state index is 11.9. The van der Waals surface area contributed by atoms with Crippen LogP contribution in [0.3, 0.4) is 0 Å². The third-order valence-corrected chi connectivity index (χ3v) is 6.15. The molecule has 30 heavy (non-hydrogen) atoms. The molecular weight excluding hydrogens is 410 g/mol. The molecule has 1 amide bonds. The third kappa shape index (κ3) is 8.06. The molecule has 0 aliphatic carbocycles. The van der Waals surface area contributed by atoms with E-state index in [-0.39, 0.29) is 11.5 Å². The van der Waals surface area contributed by atoms with Crippen LogP contribution in [0.15, 0.2) is 24.3 Å². The smallest absolute Gasteiger partial charge is 0.331 e. The van der Waals surface area contributed by atoms with Crippen molar-refractivity contribution in [2.75, 3.05) is 31.3 Å². The Balaban J connectivity index is 1.84. The van der Waals surface area contributed by atoms with Gasteiger partial charge in [-0.05, 0) is 43.5 Å². The number of nitrogens with one attached hydrogen (secondary N) is 1. The Kier molecular flexibility index (Phi) is 9.16. The van der Waals surface area contributed by atoms with Crippen molar-refractivity contribution in [3.8, 4) is 11.5 Å². The van der Waals surface area contributed by atoms with Gasteiger partial charge in [-0.25, -0.2) is 13.2 Å². The van der Waals surface area contributed by atoms with Crippen molar-refractivity contribution in [1.82, 2.24) is 5.32 Å². The number of ether oxygens (including phenoxy) is 3. The molecule has 1 atom stereocenters. The highest BCUT2D eigenvalue weighted by Gasteiger charge is 2.28. The quantitative estimate of drug-likeness (QED) is 0.320. The molecule has 0 bridgehead atoms. The van der Waals surface area contributed by atoms with Gasteiger partial charge in [0.15, 0.2) is 27.9 Å². The zero-order valence-electron chi connectivity index (χ0n) is 17.4. The summed E-state index contributed by atoms with van der Waals surface area (Å²) in [4.78, 5) is 23.7. The molecule has 1 unspecified atom stereocenters. The minimum atomic E-state index is -3.08. The van der Waals surface area contributed by atoms with Crippen molar-refractivity contribution >= 4 is 27.8 Å². The summed E-state index contributed by atoms with van der Waals surface area (Å²) in [6, 6.07) is 4.92. The number of carbonyl (C=O) groups is 2. The van der Waals surface area contributed by atoms with Crippen LogP contribution in [-0.2, 0) is 24.2 Å². The van der Waals surface area contributed by atoms with E-state index in [4.69, 9.17) is 14.2 Å². The summed E-state index contributed by atoms with van der Waals surface area (Å²) in [6.07, 6.45) is 5.13. The van der Waals surface area contributed by atoms with Crippen LogP contribution >= 0.6 is 0 Å². The van der Waals surface area contributed by atoms with Crippen molar-refractivity contribution in [2.24, 2.45) is 0 Å². The first kappa shape index (κ1) is 23.7. The van der Waals surface area contributed by atoms with Crippen LogP contribution in [0.1, 0.15) is 38.7 Å².